The number of para-hydroxylation sites is 1. The lowest BCUT2D eigenvalue weighted by atomic mass is 10.2. The summed E-state index contributed by atoms with van der Waals surface area (Å²) in [6.07, 6.45) is 0.820. The highest BCUT2D eigenvalue weighted by Crippen LogP contribution is 2.22. The van der Waals surface area contributed by atoms with Crippen molar-refractivity contribution < 1.29 is 19.1 Å². The van der Waals surface area contributed by atoms with Gasteiger partial charge in [0.15, 0.2) is 5.58 Å². The third kappa shape index (κ3) is 2.60. The number of carboxylic acid groups (broad SMARTS) is 1. The molecule has 2 aromatic rings. The average Bonchev–Trinajstić information content (AvgIpc) is 2.76. The number of fused-ring (bicyclic) bond motifs is 1. The molecule has 18 heavy (non-hydrogen) atoms. The minimum Gasteiger partial charge on any atom is -0.478 e. The molecule has 0 saturated heterocycles. The quantitative estimate of drug-likeness (QED) is 0.762. The summed E-state index contributed by atoms with van der Waals surface area (Å²) in [4.78, 5) is 15.1. The van der Waals surface area contributed by atoms with Crippen molar-refractivity contribution in [1.82, 2.24) is 4.98 Å². The number of nitrogens with one attached hydrogen (secondary N) is 1. The van der Waals surface area contributed by atoms with E-state index in [1.54, 1.807) is 19.2 Å². The van der Waals surface area contributed by atoms with Crippen LogP contribution in [0.3, 0.4) is 0 Å². The van der Waals surface area contributed by atoms with Crippen LogP contribution in [0, 0.1) is 0 Å². The van der Waals surface area contributed by atoms with Gasteiger partial charge in [0.1, 0.15) is 5.52 Å². The molecule has 0 amide bonds. The Morgan fingerprint density at radius 3 is 3.11 bits per heavy atom. The number of carboxylic acids is 1. The van der Waals surface area contributed by atoms with Gasteiger partial charge in [-0.3, -0.25) is 0 Å². The molecule has 6 nitrogen and oxygen atoms in total. The van der Waals surface area contributed by atoms with Crippen molar-refractivity contribution in [2.75, 3.05) is 25.6 Å². The Morgan fingerprint density at radius 1 is 1.56 bits per heavy atom. The lowest BCUT2D eigenvalue weighted by molar-refractivity contribution is 0.0699. The number of oxazole rings is 1. The molecule has 2 rings (SSSR count). The Morgan fingerprint density at radius 2 is 2.39 bits per heavy atom. The Kier molecular flexibility index (Phi) is 3.78. The van der Waals surface area contributed by atoms with Crippen LogP contribution < -0.4 is 5.32 Å². The molecule has 0 aliphatic rings. The number of hydrogen-bond acceptors (Lipinski definition) is 5. The Bertz CT molecular complexity index is 550. The number of carbonyl (C=O) groups is 1. The molecule has 0 aliphatic carbocycles. The van der Waals surface area contributed by atoms with Gasteiger partial charge in [-0.25, -0.2) is 4.79 Å². The van der Waals surface area contributed by atoms with E-state index >= 15 is 0 Å². The van der Waals surface area contributed by atoms with Gasteiger partial charge in [0.25, 0.3) is 6.01 Å². The largest absolute Gasteiger partial charge is 0.478 e. The molecular weight excluding hydrogens is 236 g/mol. The van der Waals surface area contributed by atoms with Crippen LogP contribution in [-0.2, 0) is 4.74 Å². The first-order valence-corrected chi connectivity index (χ1v) is 5.58. The molecule has 0 aliphatic heterocycles. The van der Waals surface area contributed by atoms with Gasteiger partial charge >= 0.3 is 5.97 Å². The third-order valence-electron chi connectivity index (χ3n) is 2.45. The maximum absolute atomic E-state index is 11.0. The Balaban J connectivity index is 2.17. The lowest BCUT2D eigenvalue weighted by Crippen LogP contribution is -2.04. The fraction of sp³-hybridized carbons (Fsp3) is 0.333. The summed E-state index contributed by atoms with van der Waals surface area (Å²) >= 11 is 0. The number of aromatic nitrogens is 1. The first kappa shape index (κ1) is 12.4. The monoisotopic (exact) mass is 250 g/mol. The zero-order valence-corrected chi connectivity index (χ0v) is 9.97. The van der Waals surface area contributed by atoms with Crippen LogP contribution in [0.1, 0.15) is 16.8 Å². The average molecular weight is 250 g/mol. The zero-order valence-electron chi connectivity index (χ0n) is 9.97. The maximum Gasteiger partial charge on any atom is 0.338 e. The molecule has 0 radical (unpaired) electrons. The predicted octanol–water partition coefficient (Wildman–Crippen LogP) is 1.97. The van der Waals surface area contributed by atoms with Gasteiger partial charge in [0, 0.05) is 20.3 Å². The number of nitrogens with zero attached hydrogens (tertiary/aromatic N) is 1. The maximum atomic E-state index is 11.0. The van der Waals surface area contributed by atoms with E-state index in [2.05, 4.69) is 10.3 Å². The molecule has 0 fully saturated rings. The van der Waals surface area contributed by atoms with Crippen molar-refractivity contribution in [1.29, 1.82) is 0 Å². The van der Waals surface area contributed by atoms with Crippen LogP contribution in [0.25, 0.3) is 11.1 Å². The number of benzene rings is 1. The van der Waals surface area contributed by atoms with Gasteiger partial charge in [0.2, 0.25) is 0 Å². The van der Waals surface area contributed by atoms with E-state index in [-0.39, 0.29) is 5.56 Å². The van der Waals surface area contributed by atoms with E-state index < -0.39 is 5.97 Å². The Labute approximate surface area is 104 Å². The van der Waals surface area contributed by atoms with Gasteiger partial charge in [-0.2, -0.15) is 4.98 Å². The van der Waals surface area contributed by atoms with Crippen molar-refractivity contribution in [3.8, 4) is 0 Å². The topological polar surface area (TPSA) is 84.6 Å². The van der Waals surface area contributed by atoms with Crippen LogP contribution in [-0.4, -0.2) is 36.3 Å². The lowest BCUT2D eigenvalue weighted by Gasteiger charge is -1.99. The predicted molar refractivity (Wildman–Crippen MR) is 66.0 cm³/mol. The molecule has 0 unspecified atom stereocenters. The molecule has 2 N–H and O–H groups in total. The summed E-state index contributed by atoms with van der Waals surface area (Å²) in [6.45, 7) is 1.30. The number of aromatic carboxylic acids is 1. The molecule has 0 atom stereocenters. The van der Waals surface area contributed by atoms with Crippen molar-refractivity contribution in [2.45, 2.75) is 6.42 Å². The standard InChI is InChI=1S/C12H14N2O4/c1-17-7-3-6-13-12-14-10-8(11(15)16)4-2-5-9(10)18-12/h2,4-5H,3,6-7H2,1H3,(H,13,14)(H,15,16). The second-order valence-corrected chi connectivity index (χ2v) is 3.75. The number of hydrogen-bond donors (Lipinski definition) is 2. The Hall–Kier alpha value is -2.08. The second-order valence-electron chi connectivity index (χ2n) is 3.75. The molecule has 1 aromatic heterocycles. The summed E-state index contributed by atoms with van der Waals surface area (Å²) in [7, 11) is 1.64. The minimum absolute atomic E-state index is 0.140. The van der Waals surface area contributed by atoms with Gasteiger partial charge in [-0.15, -0.1) is 0 Å². The van der Waals surface area contributed by atoms with Gasteiger partial charge < -0.3 is 19.6 Å². The van der Waals surface area contributed by atoms with Gasteiger partial charge in [0.05, 0.1) is 5.56 Å². The molecule has 1 heterocycles. The van der Waals surface area contributed by atoms with Crippen molar-refractivity contribution in [2.24, 2.45) is 0 Å². The number of rotatable bonds is 6. The van der Waals surface area contributed by atoms with Crippen molar-refractivity contribution in [3.05, 3.63) is 23.8 Å². The second kappa shape index (κ2) is 5.50. The van der Waals surface area contributed by atoms with Crippen LogP contribution >= 0.6 is 0 Å². The van der Waals surface area contributed by atoms with Crippen LogP contribution in [0.2, 0.25) is 0 Å². The third-order valence-corrected chi connectivity index (χ3v) is 2.45. The number of methoxy groups -OCH3 is 1. The van der Waals surface area contributed by atoms with Gasteiger partial charge in [-0.1, -0.05) is 6.07 Å². The van der Waals surface area contributed by atoms with Crippen LogP contribution in [0.4, 0.5) is 6.01 Å². The smallest absolute Gasteiger partial charge is 0.338 e. The molecule has 1 aromatic carbocycles. The summed E-state index contributed by atoms with van der Waals surface area (Å²) in [6, 6.07) is 5.15. The van der Waals surface area contributed by atoms with E-state index in [0.29, 0.717) is 30.3 Å². The minimum atomic E-state index is -1.01. The number of anilines is 1. The van der Waals surface area contributed by atoms with E-state index in [4.69, 9.17) is 14.3 Å². The van der Waals surface area contributed by atoms with Crippen LogP contribution in [0.5, 0.6) is 0 Å². The fourth-order valence-electron chi connectivity index (χ4n) is 1.61. The molecular formula is C12H14N2O4. The zero-order chi connectivity index (χ0) is 13.0. The molecule has 0 spiro atoms. The van der Waals surface area contributed by atoms with Crippen molar-refractivity contribution >= 4 is 23.1 Å². The highest BCUT2D eigenvalue weighted by Gasteiger charge is 2.13. The van der Waals surface area contributed by atoms with E-state index in [1.165, 1.54) is 6.07 Å². The SMILES string of the molecule is COCCCNc1nc2c(C(=O)O)cccc2o1. The first-order chi connectivity index (χ1) is 8.72. The van der Waals surface area contributed by atoms with Crippen LogP contribution in [0.15, 0.2) is 22.6 Å². The van der Waals surface area contributed by atoms with E-state index in [9.17, 15) is 4.79 Å². The highest BCUT2D eigenvalue weighted by molar-refractivity contribution is 6.00. The molecule has 0 saturated carbocycles. The molecule has 96 valence electrons. The summed E-state index contributed by atoms with van der Waals surface area (Å²) in [5, 5.41) is 12.0. The summed E-state index contributed by atoms with van der Waals surface area (Å²) in [5.74, 6) is -1.01. The number of ether oxygens (including phenoxy) is 1. The fourth-order valence-corrected chi connectivity index (χ4v) is 1.61. The van der Waals surface area contributed by atoms with Crippen molar-refractivity contribution in [3.63, 3.8) is 0 Å². The normalized spacial score (nSPS) is 10.7. The summed E-state index contributed by atoms with van der Waals surface area (Å²) in [5.41, 5.74) is 0.963. The van der Waals surface area contributed by atoms with E-state index in [1.807, 2.05) is 0 Å². The summed E-state index contributed by atoms with van der Waals surface area (Å²) < 4.78 is 10.3. The molecule has 6 heteroatoms. The van der Waals surface area contributed by atoms with Gasteiger partial charge in [-0.05, 0) is 18.6 Å². The van der Waals surface area contributed by atoms with E-state index in [0.717, 1.165) is 6.42 Å². The highest BCUT2D eigenvalue weighted by atomic mass is 16.5. The first-order valence-electron chi connectivity index (χ1n) is 5.58. The molecule has 0 bridgehead atoms.